The number of carbonyl (C=O) groups is 1. The van der Waals surface area contributed by atoms with Crippen LogP contribution in [0.5, 0.6) is 0 Å². The lowest BCUT2D eigenvalue weighted by molar-refractivity contribution is 0.102. The second kappa shape index (κ2) is 7.66. The minimum absolute atomic E-state index is 0.157. The summed E-state index contributed by atoms with van der Waals surface area (Å²) in [6.07, 6.45) is 0.366. The minimum atomic E-state index is -0.157. The summed E-state index contributed by atoms with van der Waals surface area (Å²) >= 11 is 0. The molecule has 0 atom stereocenters. The quantitative estimate of drug-likeness (QED) is 0.764. The van der Waals surface area contributed by atoms with Crippen molar-refractivity contribution in [2.24, 2.45) is 0 Å². The molecule has 0 saturated heterocycles. The van der Waals surface area contributed by atoms with Crippen molar-refractivity contribution in [2.75, 3.05) is 5.32 Å². The molecule has 0 unspecified atom stereocenters. The van der Waals surface area contributed by atoms with E-state index in [0.29, 0.717) is 24.2 Å². The first-order valence-electron chi connectivity index (χ1n) is 8.42. The zero-order valence-electron chi connectivity index (χ0n) is 14.9. The van der Waals surface area contributed by atoms with Crippen LogP contribution in [0, 0.1) is 25.2 Å². The van der Waals surface area contributed by atoms with E-state index >= 15 is 0 Å². The van der Waals surface area contributed by atoms with E-state index in [2.05, 4.69) is 16.5 Å². The maximum absolute atomic E-state index is 12.4. The van der Waals surface area contributed by atoms with Gasteiger partial charge in [0.25, 0.3) is 5.91 Å². The molecule has 2 aromatic carbocycles. The predicted octanol–water partition coefficient (Wildman–Crippen LogP) is 3.87. The molecule has 5 nitrogen and oxygen atoms in total. The van der Waals surface area contributed by atoms with Crippen molar-refractivity contribution >= 4 is 11.6 Å². The summed E-state index contributed by atoms with van der Waals surface area (Å²) in [6.45, 7) is 4.69. The van der Waals surface area contributed by atoms with E-state index < -0.39 is 0 Å². The number of amides is 1. The van der Waals surface area contributed by atoms with Gasteiger partial charge in [0.2, 0.25) is 0 Å². The van der Waals surface area contributed by atoms with E-state index in [4.69, 9.17) is 5.26 Å². The van der Waals surface area contributed by atoms with Crippen molar-refractivity contribution in [1.29, 1.82) is 5.26 Å². The third-order valence-corrected chi connectivity index (χ3v) is 4.15. The van der Waals surface area contributed by atoms with Crippen LogP contribution in [-0.4, -0.2) is 15.7 Å². The van der Waals surface area contributed by atoms with Crippen LogP contribution in [0.15, 0.2) is 54.6 Å². The number of aryl methyl sites for hydroxylation is 2. The molecule has 0 aliphatic carbocycles. The van der Waals surface area contributed by atoms with Crippen molar-refractivity contribution in [1.82, 2.24) is 9.78 Å². The van der Waals surface area contributed by atoms with E-state index in [-0.39, 0.29) is 5.91 Å². The van der Waals surface area contributed by atoms with Crippen LogP contribution in [0.4, 0.5) is 5.69 Å². The molecule has 1 amide bonds. The maximum atomic E-state index is 12.4. The van der Waals surface area contributed by atoms with Gasteiger partial charge in [-0.1, -0.05) is 24.3 Å². The highest BCUT2D eigenvalue weighted by molar-refractivity contribution is 6.04. The van der Waals surface area contributed by atoms with Gasteiger partial charge in [-0.05, 0) is 55.3 Å². The summed E-state index contributed by atoms with van der Waals surface area (Å²) in [5.74, 6) is -0.157. The Labute approximate surface area is 152 Å². The summed E-state index contributed by atoms with van der Waals surface area (Å²) in [5, 5.41) is 16.0. The molecule has 26 heavy (non-hydrogen) atoms. The largest absolute Gasteiger partial charge is 0.322 e. The fourth-order valence-electron chi connectivity index (χ4n) is 2.77. The molecule has 5 heteroatoms. The van der Waals surface area contributed by atoms with Crippen LogP contribution >= 0.6 is 0 Å². The average molecular weight is 344 g/mol. The molecule has 1 aromatic heterocycles. The number of hydrogen-bond acceptors (Lipinski definition) is 3. The Hall–Kier alpha value is -3.39. The van der Waals surface area contributed by atoms with Gasteiger partial charge in [0.05, 0.1) is 24.7 Å². The smallest absolute Gasteiger partial charge is 0.255 e. The Bertz CT molecular complexity index is 947. The summed E-state index contributed by atoms with van der Waals surface area (Å²) in [5.41, 5.74) is 5.45. The molecule has 0 radical (unpaired) electrons. The predicted molar refractivity (Wildman–Crippen MR) is 101 cm³/mol. The molecule has 0 bridgehead atoms. The molecule has 0 aliphatic heterocycles. The number of anilines is 1. The fraction of sp³-hybridized carbons (Fsp3) is 0.190. The van der Waals surface area contributed by atoms with Gasteiger partial charge in [0.1, 0.15) is 0 Å². The first-order chi connectivity index (χ1) is 12.5. The molecular formula is C21H20N4O. The van der Waals surface area contributed by atoms with E-state index in [1.54, 1.807) is 0 Å². The summed E-state index contributed by atoms with van der Waals surface area (Å²) in [6, 6.07) is 19.0. The van der Waals surface area contributed by atoms with Crippen molar-refractivity contribution in [3.63, 3.8) is 0 Å². The number of rotatable bonds is 5. The van der Waals surface area contributed by atoms with Gasteiger partial charge >= 0.3 is 0 Å². The Morgan fingerprint density at radius 2 is 1.73 bits per heavy atom. The first kappa shape index (κ1) is 17.4. The topological polar surface area (TPSA) is 70.7 Å². The number of carbonyl (C=O) groups excluding carboxylic acids is 1. The molecule has 1 heterocycles. The van der Waals surface area contributed by atoms with Crippen molar-refractivity contribution in [3.05, 3.63) is 82.7 Å². The third kappa shape index (κ3) is 4.17. The number of benzene rings is 2. The normalized spacial score (nSPS) is 10.3. The monoisotopic (exact) mass is 344 g/mol. The summed E-state index contributed by atoms with van der Waals surface area (Å²) < 4.78 is 1.95. The van der Waals surface area contributed by atoms with Gasteiger partial charge in [-0.15, -0.1) is 0 Å². The summed E-state index contributed by atoms with van der Waals surface area (Å²) in [4.78, 5) is 12.4. The van der Waals surface area contributed by atoms with E-state index in [1.165, 1.54) is 0 Å². The van der Waals surface area contributed by atoms with Crippen LogP contribution in [0.1, 0.15) is 32.9 Å². The molecule has 3 rings (SSSR count). The lowest BCUT2D eigenvalue weighted by Crippen LogP contribution is -2.12. The molecule has 0 spiro atoms. The summed E-state index contributed by atoms with van der Waals surface area (Å²) in [7, 11) is 0. The Kier molecular flexibility index (Phi) is 5.14. The van der Waals surface area contributed by atoms with E-state index in [0.717, 1.165) is 22.5 Å². The molecule has 130 valence electrons. The highest BCUT2D eigenvalue weighted by Crippen LogP contribution is 2.13. The van der Waals surface area contributed by atoms with Crippen LogP contribution < -0.4 is 5.32 Å². The van der Waals surface area contributed by atoms with Crippen molar-refractivity contribution in [3.8, 4) is 6.07 Å². The van der Waals surface area contributed by atoms with Gasteiger partial charge in [-0.3, -0.25) is 9.48 Å². The van der Waals surface area contributed by atoms with Crippen LogP contribution in [0.3, 0.4) is 0 Å². The standard InChI is InChI=1S/C21H20N4O/c1-15-13-16(2)25(24-15)14-18-3-7-19(8-4-18)21(26)23-20-9-5-17(6-10-20)11-12-22/h3-10,13H,11,14H2,1-2H3,(H,23,26). The first-order valence-corrected chi connectivity index (χ1v) is 8.42. The Morgan fingerprint density at radius 3 is 2.31 bits per heavy atom. The van der Waals surface area contributed by atoms with Gasteiger partial charge in [0, 0.05) is 16.9 Å². The average Bonchev–Trinajstić information content (AvgIpc) is 2.94. The van der Waals surface area contributed by atoms with E-state index in [1.807, 2.05) is 73.1 Å². The number of aromatic nitrogens is 2. The van der Waals surface area contributed by atoms with Crippen molar-refractivity contribution < 1.29 is 4.79 Å². The molecule has 3 aromatic rings. The van der Waals surface area contributed by atoms with Crippen molar-refractivity contribution in [2.45, 2.75) is 26.8 Å². The highest BCUT2D eigenvalue weighted by Gasteiger charge is 2.07. The van der Waals surface area contributed by atoms with Crippen LogP contribution in [0.2, 0.25) is 0 Å². The van der Waals surface area contributed by atoms with Gasteiger partial charge in [0.15, 0.2) is 0 Å². The van der Waals surface area contributed by atoms with E-state index in [9.17, 15) is 4.79 Å². The third-order valence-electron chi connectivity index (χ3n) is 4.15. The second-order valence-electron chi connectivity index (χ2n) is 6.27. The van der Waals surface area contributed by atoms with Gasteiger partial charge in [-0.25, -0.2) is 0 Å². The molecule has 0 fully saturated rings. The van der Waals surface area contributed by atoms with Gasteiger partial charge in [-0.2, -0.15) is 10.4 Å². The lowest BCUT2D eigenvalue weighted by Gasteiger charge is -2.08. The minimum Gasteiger partial charge on any atom is -0.322 e. The Balaban J connectivity index is 1.65. The number of nitriles is 1. The number of nitrogens with one attached hydrogen (secondary N) is 1. The molecule has 0 aliphatic rings. The van der Waals surface area contributed by atoms with Crippen LogP contribution in [-0.2, 0) is 13.0 Å². The SMILES string of the molecule is Cc1cc(C)n(Cc2ccc(C(=O)Nc3ccc(CC#N)cc3)cc2)n1. The number of nitrogens with zero attached hydrogens (tertiary/aromatic N) is 3. The zero-order valence-corrected chi connectivity index (χ0v) is 14.9. The highest BCUT2D eigenvalue weighted by atomic mass is 16.1. The second-order valence-corrected chi connectivity index (χ2v) is 6.27. The molecule has 0 saturated carbocycles. The van der Waals surface area contributed by atoms with Gasteiger partial charge < -0.3 is 5.32 Å². The molecular weight excluding hydrogens is 324 g/mol. The maximum Gasteiger partial charge on any atom is 0.255 e. The zero-order chi connectivity index (χ0) is 18.5. The Morgan fingerprint density at radius 1 is 1.08 bits per heavy atom. The fourth-order valence-corrected chi connectivity index (χ4v) is 2.77. The van der Waals surface area contributed by atoms with Crippen LogP contribution in [0.25, 0.3) is 0 Å². The number of hydrogen-bond donors (Lipinski definition) is 1. The molecule has 1 N–H and O–H groups in total. The lowest BCUT2D eigenvalue weighted by atomic mass is 10.1.